The van der Waals surface area contributed by atoms with Crippen molar-refractivity contribution < 1.29 is 14.7 Å². The number of carboxylic acid groups (broad SMARTS) is 1. The van der Waals surface area contributed by atoms with E-state index in [2.05, 4.69) is 24.5 Å². The molecule has 5 nitrogen and oxygen atoms in total. The molecule has 2 amide bonds. The van der Waals surface area contributed by atoms with Gasteiger partial charge in [0.05, 0.1) is 6.04 Å². The molecule has 1 rings (SSSR count). The second kappa shape index (κ2) is 7.29. The Bertz CT molecular complexity index is 516. The molecule has 0 saturated carbocycles. The maximum Gasteiger partial charge on any atom is 0.404 e. The van der Waals surface area contributed by atoms with Crippen LogP contribution in [0, 0.1) is 5.41 Å². The minimum atomic E-state index is -1.09. The minimum absolute atomic E-state index is 0.197. The van der Waals surface area contributed by atoms with Gasteiger partial charge >= 0.3 is 6.09 Å². The van der Waals surface area contributed by atoms with E-state index in [0.717, 1.165) is 0 Å². The van der Waals surface area contributed by atoms with Crippen LogP contribution in [-0.4, -0.2) is 29.7 Å². The Balaban J connectivity index is 2.68. The zero-order chi connectivity index (χ0) is 16.9. The van der Waals surface area contributed by atoms with E-state index in [0.29, 0.717) is 11.5 Å². The number of carbonyl (C=O) groups excluding carboxylic acids is 1. The Labute approximate surface area is 132 Å². The molecule has 0 aromatic heterocycles. The predicted octanol–water partition coefficient (Wildman–Crippen LogP) is 3.22. The lowest BCUT2D eigenvalue weighted by Crippen LogP contribution is -2.50. The topological polar surface area (TPSA) is 78.4 Å². The summed E-state index contributed by atoms with van der Waals surface area (Å²) >= 11 is 0. The molecule has 3 N–H and O–H groups in total. The first kappa shape index (κ1) is 18.0. The number of carbonyl (C=O) groups is 2. The van der Waals surface area contributed by atoms with Crippen LogP contribution in [0.15, 0.2) is 24.3 Å². The first-order valence-electron chi connectivity index (χ1n) is 7.49. The van der Waals surface area contributed by atoms with Crippen molar-refractivity contribution in [2.75, 3.05) is 6.54 Å². The van der Waals surface area contributed by atoms with Gasteiger partial charge < -0.3 is 15.7 Å². The summed E-state index contributed by atoms with van der Waals surface area (Å²) in [4.78, 5) is 23.0. The van der Waals surface area contributed by atoms with Gasteiger partial charge in [0.15, 0.2) is 0 Å². The minimum Gasteiger partial charge on any atom is -0.465 e. The van der Waals surface area contributed by atoms with Gasteiger partial charge in [-0.2, -0.15) is 0 Å². The van der Waals surface area contributed by atoms with Gasteiger partial charge in [0.2, 0.25) is 0 Å². The van der Waals surface area contributed by atoms with Gasteiger partial charge in [0, 0.05) is 12.1 Å². The Morgan fingerprint density at radius 2 is 1.68 bits per heavy atom. The van der Waals surface area contributed by atoms with Crippen LogP contribution in [0.1, 0.15) is 56.5 Å². The predicted molar refractivity (Wildman–Crippen MR) is 87.3 cm³/mol. The van der Waals surface area contributed by atoms with Crippen molar-refractivity contribution in [2.24, 2.45) is 5.41 Å². The third-order valence-electron chi connectivity index (χ3n) is 3.65. The third kappa shape index (κ3) is 5.39. The molecule has 1 atom stereocenters. The summed E-state index contributed by atoms with van der Waals surface area (Å²) < 4.78 is 0. The highest BCUT2D eigenvalue weighted by Gasteiger charge is 2.26. The van der Waals surface area contributed by atoms with Crippen molar-refractivity contribution in [3.05, 3.63) is 35.4 Å². The Kier molecular flexibility index (Phi) is 5.97. The van der Waals surface area contributed by atoms with E-state index >= 15 is 0 Å². The van der Waals surface area contributed by atoms with E-state index in [-0.39, 0.29) is 23.9 Å². The molecule has 0 heterocycles. The van der Waals surface area contributed by atoms with Gasteiger partial charge in [0.25, 0.3) is 5.91 Å². The van der Waals surface area contributed by atoms with E-state index in [1.54, 1.807) is 12.1 Å². The fourth-order valence-electron chi connectivity index (χ4n) is 2.04. The van der Waals surface area contributed by atoms with E-state index < -0.39 is 6.09 Å². The first-order chi connectivity index (χ1) is 10.1. The molecule has 1 aromatic carbocycles. The van der Waals surface area contributed by atoms with Crippen molar-refractivity contribution >= 4 is 12.0 Å². The molecule has 0 bridgehead atoms. The summed E-state index contributed by atoms with van der Waals surface area (Å²) in [6.07, 6.45) is -1.09. The SMILES string of the molecule is CC(C)c1ccc(C(=O)NCC(NC(=O)O)C(C)(C)C)cc1. The molecule has 122 valence electrons. The van der Waals surface area contributed by atoms with Crippen molar-refractivity contribution in [2.45, 2.75) is 46.6 Å². The van der Waals surface area contributed by atoms with E-state index in [1.807, 2.05) is 32.9 Å². The highest BCUT2D eigenvalue weighted by atomic mass is 16.4. The Hall–Kier alpha value is -2.04. The Morgan fingerprint density at radius 1 is 1.14 bits per heavy atom. The van der Waals surface area contributed by atoms with Crippen LogP contribution < -0.4 is 10.6 Å². The van der Waals surface area contributed by atoms with Crippen molar-refractivity contribution in [1.29, 1.82) is 0 Å². The van der Waals surface area contributed by atoms with E-state index in [9.17, 15) is 9.59 Å². The number of hydrogen-bond acceptors (Lipinski definition) is 2. The van der Waals surface area contributed by atoms with Crippen LogP contribution in [0.3, 0.4) is 0 Å². The number of amides is 2. The quantitative estimate of drug-likeness (QED) is 0.781. The van der Waals surface area contributed by atoms with Gasteiger partial charge in [0.1, 0.15) is 0 Å². The standard InChI is InChI=1S/C17H26N2O3/c1-11(2)12-6-8-13(9-7-12)15(20)18-10-14(17(3,4)5)19-16(21)22/h6-9,11,14,19H,10H2,1-5H3,(H,18,20)(H,21,22). The summed E-state index contributed by atoms with van der Waals surface area (Å²) in [5, 5.41) is 14.1. The van der Waals surface area contributed by atoms with Crippen LogP contribution in [0.25, 0.3) is 0 Å². The number of hydrogen-bond donors (Lipinski definition) is 3. The number of nitrogens with one attached hydrogen (secondary N) is 2. The molecular formula is C17H26N2O3. The zero-order valence-corrected chi connectivity index (χ0v) is 13.9. The largest absolute Gasteiger partial charge is 0.465 e. The normalized spacial score (nSPS) is 12.8. The molecule has 0 saturated heterocycles. The first-order valence-corrected chi connectivity index (χ1v) is 7.49. The molecule has 0 radical (unpaired) electrons. The molecule has 0 spiro atoms. The second-order valence-electron chi connectivity index (χ2n) is 6.85. The molecule has 1 aromatic rings. The highest BCUT2D eigenvalue weighted by Crippen LogP contribution is 2.19. The van der Waals surface area contributed by atoms with Gasteiger partial charge in [-0.1, -0.05) is 46.8 Å². The lowest BCUT2D eigenvalue weighted by atomic mass is 9.86. The van der Waals surface area contributed by atoms with Crippen LogP contribution in [0.5, 0.6) is 0 Å². The maximum absolute atomic E-state index is 12.2. The van der Waals surface area contributed by atoms with Crippen LogP contribution in [0.2, 0.25) is 0 Å². The third-order valence-corrected chi connectivity index (χ3v) is 3.65. The Morgan fingerprint density at radius 3 is 2.09 bits per heavy atom. The van der Waals surface area contributed by atoms with Gasteiger partial charge in [-0.05, 0) is 29.0 Å². The highest BCUT2D eigenvalue weighted by molar-refractivity contribution is 5.94. The smallest absolute Gasteiger partial charge is 0.404 e. The maximum atomic E-state index is 12.2. The fourth-order valence-corrected chi connectivity index (χ4v) is 2.04. The van der Waals surface area contributed by atoms with Crippen molar-refractivity contribution in [1.82, 2.24) is 10.6 Å². The monoisotopic (exact) mass is 306 g/mol. The van der Waals surface area contributed by atoms with E-state index in [1.165, 1.54) is 5.56 Å². The summed E-state index contributed by atoms with van der Waals surface area (Å²) in [7, 11) is 0. The average Bonchev–Trinajstić information content (AvgIpc) is 2.41. The molecule has 22 heavy (non-hydrogen) atoms. The molecule has 1 unspecified atom stereocenters. The summed E-state index contributed by atoms with van der Waals surface area (Å²) in [5.74, 6) is 0.221. The second-order valence-corrected chi connectivity index (χ2v) is 6.85. The van der Waals surface area contributed by atoms with Crippen molar-refractivity contribution in [3.63, 3.8) is 0 Å². The number of rotatable bonds is 5. The molecule has 0 fully saturated rings. The van der Waals surface area contributed by atoms with Crippen LogP contribution >= 0.6 is 0 Å². The van der Waals surface area contributed by atoms with Gasteiger partial charge in [-0.25, -0.2) is 4.79 Å². The van der Waals surface area contributed by atoms with E-state index in [4.69, 9.17) is 5.11 Å². The molecule has 0 aliphatic rings. The fraction of sp³-hybridized carbons (Fsp3) is 0.529. The van der Waals surface area contributed by atoms with Crippen molar-refractivity contribution in [3.8, 4) is 0 Å². The number of benzene rings is 1. The molecule has 0 aliphatic heterocycles. The zero-order valence-electron chi connectivity index (χ0n) is 13.9. The summed E-state index contributed by atoms with van der Waals surface area (Å²) in [6, 6.07) is 7.11. The molecular weight excluding hydrogens is 280 g/mol. The lowest BCUT2D eigenvalue weighted by molar-refractivity contribution is 0.0938. The van der Waals surface area contributed by atoms with Gasteiger partial charge in [-0.15, -0.1) is 0 Å². The van der Waals surface area contributed by atoms with Crippen LogP contribution in [0.4, 0.5) is 4.79 Å². The molecule has 0 aliphatic carbocycles. The summed E-state index contributed by atoms with van der Waals surface area (Å²) in [5.41, 5.74) is 1.47. The van der Waals surface area contributed by atoms with Crippen LogP contribution in [-0.2, 0) is 0 Å². The average molecular weight is 306 g/mol. The summed E-state index contributed by atoms with van der Waals surface area (Å²) in [6.45, 7) is 10.2. The molecule has 5 heteroatoms. The lowest BCUT2D eigenvalue weighted by Gasteiger charge is -2.30. The van der Waals surface area contributed by atoms with Gasteiger partial charge in [-0.3, -0.25) is 4.79 Å².